The van der Waals surface area contributed by atoms with Crippen molar-refractivity contribution in [2.45, 2.75) is 59.8 Å². The van der Waals surface area contributed by atoms with Gasteiger partial charge in [0.2, 0.25) is 0 Å². The van der Waals surface area contributed by atoms with Crippen molar-refractivity contribution < 1.29 is 0 Å². The largest absolute Gasteiger partial charge is 0.370 e. The van der Waals surface area contributed by atoms with Crippen molar-refractivity contribution in [2.75, 3.05) is 11.9 Å². The van der Waals surface area contributed by atoms with Gasteiger partial charge in [-0.05, 0) is 31.7 Å². The van der Waals surface area contributed by atoms with Gasteiger partial charge in [-0.2, -0.15) is 5.10 Å². The number of aryl methyl sites for hydroxylation is 2. The van der Waals surface area contributed by atoms with Gasteiger partial charge in [-0.1, -0.05) is 27.7 Å². The zero-order valence-corrected chi connectivity index (χ0v) is 15.4. The van der Waals surface area contributed by atoms with Crippen molar-refractivity contribution in [3.63, 3.8) is 0 Å². The van der Waals surface area contributed by atoms with Crippen molar-refractivity contribution in [1.29, 1.82) is 0 Å². The van der Waals surface area contributed by atoms with E-state index in [4.69, 9.17) is 0 Å². The van der Waals surface area contributed by atoms with E-state index in [0.717, 1.165) is 36.0 Å². The molecule has 5 nitrogen and oxygen atoms in total. The lowest BCUT2D eigenvalue weighted by Gasteiger charge is -2.13. The molecule has 2 aromatic heterocycles. The van der Waals surface area contributed by atoms with E-state index in [0.29, 0.717) is 11.8 Å². The zero-order chi connectivity index (χ0) is 17.1. The van der Waals surface area contributed by atoms with E-state index in [2.05, 4.69) is 68.0 Å². The molecule has 23 heavy (non-hydrogen) atoms. The Kier molecular flexibility index (Phi) is 5.39. The molecule has 0 aliphatic carbocycles. The highest BCUT2D eigenvalue weighted by Gasteiger charge is 2.12. The summed E-state index contributed by atoms with van der Waals surface area (Å²) in [5.41, 5.74) is 4.76. The molecule has 0 unspecified atom stereocenters. The molecule has 0 spiro atoms. The van der Waals surface area contributed by atoms with E-state index in [1.165, 1.54) is 11.3 Å². The molecular weight excluding hydrogens is 286 g/mol. The number of rotatable bonds is 6. The number of hydrogen-bond donors (Lipinski definition) is 1. The van der Waals surface area contributed by atoms with Gasteiger partial charge in [0.05, 0.1) is 5.69 Å². The molecule has 0 saturated carbocycles. The smallest absolute Gasteiger partial charge is 0.133 e. The van der Waals surface area contributed by atoms with E-state index in [1.54, 1.807) is 0 Å². The molecule has 2 rings (SSSR count). The standard InChI is InChI=1S/C18H29N5/c1-11(2)16-10-17(21-18(20-16)12(3)4)19-9-8-15-13(5)22-23(7)14(15)6/h10-12H,8-9H2,1-7H3,(H,19,20,21). The van der Waals surface area contributed by atoms with Crippen LogP contribution < -0.4 is 5.32 Å². The van der Waals surface area contributed by atoms with Gasteiger partial charge >= 0.3 is 0 Å². The van der Waals surface area contributed by atoms with E-state index < -0.39 is 0 Å². The lowest BCUT2D eigenvalue weighted by molar-refractivity contribution is 0.728. The van der Waals surface area contributed by atoms with Crippen LogP contribution in [0.4, 0.5) is 5.82 Å². The fraction of sp³-hybridized carbons (Fsp3) is 0.611. The SMILES string of the molecule is Cc1nn(C)c(C)c1CCNc1cc(C(C)C)nc(C(C)C)n1. The molecular formula is C18H29N5. The van der Waals surface area contributed by atoms with Crippen molar-refractivity contribution >= 4 is 5.82 Å². The Morgan fingerprint density at radius 3 is 2.30 bits per heavy atom. The van der Waals surface area contributed by atoms with E-state index in [9.17, 15) is 0 Å². The molecule has 2 aromatic rings. The fourth-order valence-corrected chi connectivity index (χ4v) is 2.62. The molecule has 0 aliphatic rings. The molecule has 1 N–H and O–H groups in total. The minimum Gasteiger partial charge on any atom is -0.370 e. The van der Waals surface area contributed by atoms with Gasteiger partial charge in [-0.25, -0.2) is 9.97 Å². The summed E-state index contributed by atoms with van der Waals surface area (Å²) in [5, 5.41) is 7.93. The first-order valence-electron chi connectivity index (χ1n) is 8.41. The van der Waals surface area contributed by atoms with Crippen LogP contribution in [0.25, 0.3) is 0 Å². The van der Waals surface area contributed by atoms with Crippen LogP contribution in [0.1, 0.15) is 68.0 Å². The number of hydrogen-bond acceptors (Lipinski definition) is 4. The van der Waals surface area contributed by atoms with Gasteiger partial charge in [0, 0.05) is 37.0 Å². The first kappa shape index (κ1) is 17.4. The van der Waals surface area contributed by atoms with Crippen LogP contribution in [0.15, 0.2) is 6.07 Å². The molecule has 126 valence electrons. The zero-order valence-electron chi connectivity index (χ0n) is 15.4. The number of anilines is 1. The topological polar surface area (TPSA) is 55.6 Å². The lowest BCUT2D eigenvalue weighted by atomic mass is 10.1. The average Bonchev–Trinajstić information content (AvgIpc) is 2.73. The summed E-state index contributed by atoms with van der Waals surface area (Å²) in [4.78, 5) is 9.32. The van der Waals surface area contributed by atoms with Crippen LogP contribution in [0.5, 0.6) is 0 Å². The van der Waals surface area contributed by atoms with Crippen LogP contribution in [0.3, 0.4) is 0 Å². The second-order valence-corrected chi connectivity index (χ2v) is 6.80. The van der Waals surface area contributed by atoms with Gasteiger partial charge in [0.15, 0.2) is 0 Å². The predicted octanol–water partition coefficient (Wildman–Crippen LogP) is 3.73. The Morgan fingerprint density at radius 1 is 1.09 bits per heavy atom. The Balaban J connectivity index is 2.10. The number of nitrogens with one attached hydrogen (secondary N) is 1. The number of nitrogens with zero attached hydrogens (tertiary/aromatic N) is 4. The van der Waals surface area contributed by atoms with Crippen molar-refractivity contribution in [2.24, 2.45) is 7.05 Å². The molecule has 0 atom stereocenters. The average molecular weight is 315 g/mol. The molecule has 2 heterocycles. The Morgan fingerprint density at radius 2 is 1.78 bits per heavy atom. The van der Waals surface area contributed by atoms with Crippen LogP contribution in [-0.2, 0) is 13.5 Å². The molecule has 5 heteroatoms. The molecule has 0 aromatic carbocycles. The molecule has 0 radical (unpaired) electrons. The molecule has 0 aliphatic heterocycles. The van der Waals surface area contributed by atoms with E-state index >= 15 is 0 Å². The number of aromatic nitrogens is 4. The summed E-state index contributed by atoms with van der Waals surface area (Å²) in [5.74, 6) is 2.56. The van der Waals surface area contributed by atoms with Crippen LogP contribution in [-0.4, -0.2) is 26.3 Å². The summed E-state index contributed by atoms with van der Waals surface area (Å²) < 4.78 is 1.95. The normalized spacial score (nSPS) is 11.5. The van der Waals surface area contributed by atoms with Gasteiger partial charge < -0.3 is 5.32 Å². The quantitative estimate of drug-likeness (QED) is 0.882. The van der Waals surface area contributed by atoms with E-state index in [1.807, 2.05) is 11.7 Å². The summed E-state index contributed by atoms with van der Waals surface area (Å²) in [6, 6.07) is 2.07. The summed E-state index contributed by atoms with van der Waals surface area (Å²) in [6.45, 7) is 13.6. The highest BCUT2D eigenvalue weighted by atomic mass is 15.3. The maximum atomic E-state index is 4.67. The van der Waals surface area contributed by atoms with Gasteiger partial charge in [-0.15, -0.1) is 0 Å². The highest BCUT2D eigenvalue weighted by molar-refractivity contribution is 5.38. The minimum absolute atomic E-state index is 0.331. The van der Waals surface area contributed by atoms with Gasteiger partial charge in [0.1, 0.15) is 11.6 Å². The van der Waals surface area contributed by atoms with Crippen molar-refractivity contribution in [3.8, 4) is 0 Å². The van der Waals surface area contributed by atoms with Crippen LogP contribution in [0, 0.1) is 13.8 Å². The first-order valence-corrected chi connectivity index (χ1v) is 8.41. The highest BCUT2D eigenvalue weighted by Crippen LogP contribution is 2.20. The molecule has 0 bridgehead atoms. The Labute approximate surface area is 139 Å². The summed E-state index contributed by atoms with van der Waals surface area (Å²) in [6.07, 6.45) is 0.948. The van der Waals surface area contributed by atoms with Crippen LogP contribution >= 0.6 is 0 Å². The maximum Gasteiger partial charge on any atom is 0.133 e. The van der Waals surface area contributed by atoms with Crippen LogP contribution in [0.2, 0.25) is 0 Å². The van der Waals surface area contributed by atoms with E-state index in [-0.39, 0.29) is 0 Å². The summed E-state index contributed by atoms with van der Waals surface area (Å²) in [7, 11) is 1.99. The van der Waals surface area contributed by atoms with Gasteiger partial charge in [0.25, 0.3) is 0 Å². The lowest BCUT2D eigenvalue weighted by Crippen LogP contribution is -2.11. The molecule has 0 fully saturated rings. The maximum absolute atomic E-state index is 4.67. The third-order valence-corrected chi connectivity index (χ3v) is 4.21. The second-order valence-electron chi connectivity index (χ2n) is 6.80. The second kappa shape index (κ2) is 7.11. The fourth-order valence-electron chi connectivity index (χ4n) is 2.62. The first-order chi connectivity index (χ1) is 10.8. The monoisotopic (exact) mass is 315 g/mol. The summed E-state index contributed by atoms with van der Waals surface area (Å²) >= 11 is 0. The Hall–Kier alpha value is -1.91. The molecule has 0 amide bonds. The van der Waals surface area contributed by atoms with Gasteiger partial charge in [-0.3, -0.25) is 4.68 Å². The third kappa shape index (κ3) is 4.09. The van der Waals surface area contributed by atoms with Crippen molar-refractivity contribution in [1.82, 2.24) is 19.7 Å². The van der Waals surface area contributed by atoms with Crippen molar-refractivity contribution in [3.05, 3.63) is 34.5 Å². The molecule has 0 saturated heterocycles. The minimum atomic E-state index is 0.331. The third-order valence-electron chi connectivity index (χ3n) is 4.21. The Bertz CT molecular complexity index is 644. The predicted molar refractivity (Wildman–Crippen MR) is 95.1 cm³/mol.